The van der Waals surface area contributed by atoms with Crippen molar-refractivity contribution in [1.82, 2.24) is 0 Å². The lowest BCUT2D eigenvalue weighted by molar-refractivity contribution is 1.09. The topological polar surface area (TPSA) is 26.0 Å². The van der Waals surface area contributed by atoms with Crippen LogP contribution in [0.25, 0.3) is 5.57 Å². The van der Waals surface area contributed by atoms with Gasteiger partial charge in [0.2, 0.25) is 0 Å². The molecule has 0 fully saturated rings. The van der Waals surface area contributed by atoms with E-state index in [0.29, 0.717) is 6.54 Å². The van der Waals surface area contributed by atoms with Crippen molar-refractivity contribution in [1.29, 1.82) is 0 Å². The van der Waals surface area contributed by atoms with Crippen LogP contribution in [-0.4, -0.2) is 6.54 Å². The first-order chi connectivity index (χ1) is 18.4. The molecule has 0 spiro atoms. The SMILES string of the molecule is C=C=C(CN)C(/C(=C\C)/C=C/C(=C/C(C)=C\C)CC)=C(/c1ccccc1)c1cccc(CC)c1C.CCC.P.[HH]. The van der Waals surface area contributed by atoms with Gasteiger partial charge in [-0.1, -0.05) is 125 Å². The number of nitrogens with two attached hydrogens (primary N) is 1. The van der Waals surface area contributed by atoms with Crippen molar-refractivity contribution in [2.24, 2.45) is 5.73 Å². The van der Waals surface area contributed by atoms with Crippen LogP contribution < -0.4 is 5.73 Å². The molecule has 0 radical (unpaired) electrons. The maximum absolute atomic E-state index is 6.29. The van der Waals surface area contributed by atoms with Gasteiger partial charge in [0.15, 0.2) is 0 Å². The normalized spacial score (nSPS) is 12.7. The Balaban J connectivity index is 0. The predicted octanol–water partition coefficient (Wildman–Crippen LogP) is 10.6. The van der Waals surface area contributed by atoms with E-state index in [1.807, 2.05) is 0 Å². The lowest BCUT2D eigenvalue weighted by Gasteiger charge is -2.21. The Morgan fingerprint density at radius 1 is 0.949 bits per heavy atom. The summed E-state index contributed by atoms with van der Waals surface area (Å²) in [6, 6.07) is 17.2. The van der Waals surface area contributed by atoms with Crippen LogP contribution in [0, 0.1) is 6.92 Å². The third-order valence-electron chi connectivity index (χ3n) is 6.48. The molecule has 0 aliphatic heterocycles. The van der Waals surface area contributed by atoms with Crippen molar-refractivity contribution in [3.63, 3.8) is 0 Å². The van der Waals surface area contributed by atoms with Gasteiger partial charge in [-0.05, 0) is 79.5 Å². The average molecular weight is 544 g/mol. The molecule has 39 heavy (non-hydrogen) atoms. The van der Waals surface area contributed by atoms with E-state index in [2.05, 4.69) is 147 Å². The number of allylic oxidation sites excluding steroid dienone is 8. The number of hydrogen-bond donors (Lipinski definition) is 1. The molecule has 0 aliphatic rings. The molecule has 1 unspecified atom stereocenters. The molecule has 2 aromatic carbocycles. The van der Waals surface area contributed by atoms with Crippen LogP contribution in [0.1, 0.15) is 85.0 Å². The van der Waals surface area contributed by atoms with Gasteiger partial charge in [-0.3, -0.25) is 0 Å². The Hall–Kier alpha value is -2.95. The molecule has 0 aliphatic carbocycles. The maximum Gasteiger partial charge on any atom is 0.0258 e. The Kier molecular flexibility index (Phi) is 18.5. The molecule has 2 N–H and O–H groups in total. The van der Waals surface area contributed by atoms with Gasteiger partial charge in [0, 0.05) is 19.1 Å². The molecule has 0 heterocycles. The fraction of sp³-hybridized carbons (Fsp3) is 0.324. The highest BCUT2D eigenvalue weighted by Crippen LogP contribution is 2.37. The van der Waals surface area contributed by atoms with Crippen molar-refractivity contribution in [3.8, 4) is 0 Å². The summed E-state index contributed by atoms with van der Waals surface area (Å²) in [5.74, 6) is 0. The standard InChI is InChI=1S/C34H41N.C3H8.H3P.H2/c1-8-25(6)23-27(9-2)21-22-29(11-4)33(30(12-5)24-35)34(31-17-14-13-15-18-31)32-20-16-19-28(10-3)26(32)7;1-3-2;;/h8,11,13-23H,5,9-10,24,35H2,1-4,6-7H3;3H2,1-2H3;1H3;1H/b22-21+,25-8-,27-23+,29-11-,34-33-;;;. The average Bonchev–Trinajstić information content (AvgIpc) is 2.94. The molecule has 0 saturated carbocycles. The molecule has 212 valence electrons. The minimum absolute atomic E-state index is 0. The largest absolute Gasteiger partial charge is 0.326 e. The van der Waals surface area contributed by atoms with Gasteiger partial charge in [-0.25, -0.2) is 0 Å². The molecule has 2 heteroatoms. The Morgan fingerprint density at radius 3 is 2.08 bits per heavy atom. The molecule has 0 saturated heterocycles. The first kappa shape index (κ1) is 36.1. The molecule has 1 nitrogen and oxygen atoms in total. The maximum atomic E-state index is 6.29. The van der Waals surface area contributed by atoms with Crippen LogP contribution >= 0.6 is 9.90 Å². The van der Waals surface area contributed by atoms with Crippen molar-refractivity contribution in [2.75, 3.05) is 6.54 Å². The van der Waals surface area contributed by atoms with Crippen LogP contribution in [0.15, 0.2) is 119 Å². The first-order valence-corrected chi connectivity index (χ1v) is 14.0. The molecule has 2 rings (SSSR count). The van der Waals surface area contributed by atoms with Crippen molar-refractivity contribution in [3.05, 3.63) is 141 Å². The second kappa shape index (κ2) is 20.0. The number of benzene rings is 2. The zero-order chi connectivity index (χ0) is 28.5. The Morgan fingerprint density at radius 2 is 1.59 bits per heavy atom. The van der Waals surface area contributed by atoms with Gasteiger partial charge in [0.1, 0.15) is 0 Å². The highest BCUT2D eigenvalue weighted by molar-refractivity contribution is 6.92. The molecule has 2 aromatic rings. The highest BCUT2D eigenvalue weighted by atomic mass is 31.0. The van der Waals surface area contributed by atoms with Gasteiger partial charge in [-0.15, -0.1) is 5.73 Å². The zero-order valence-corrected chi connectivity index (χ0v) is 27.2. The van der Waals surface area contributed by atoms with Crippen LogP contribution in [0.3, 0.4) is 0 Å². The minimum atomic E-state index is 0. The summed E-state index contributed by atoms with van der Waals surface area (Å²) < 4.78 is 0. The third-order valence-corrected chi connectivity index (χ3v) is 6.48. The third kappa shape index (κ3) is 10.6. The number of rotatable bonds is 10. The summed E-state index contributed by atoms with van der Waals surface area (Å²) in [6.07, 6.45) is 14.2. The molecular formula is C37H54NP. The van der Waals surface area contributed by atoms with E-state index in [4.69, 9.17) is 5.73 Å². The summed E-state index contributed by atoms with van der Waals surface area (Å²) in [5, 5.41) is 0. The fourth-order valence-electron chi connectivity index (χ4n) is 4.27. The van der Waals surface area contributed by atoms with Gasteiger partial charge < -0.3 is 5.73 Å². The van der Waals surface area contributed by atoms with E-state index in [9.17, 15) is 0 Å². The van der Waals surface area contributed by atoms with Gasteiger partial charge in [0.05, 0.1) is 0 Å². The summed E-state index contributed by atoms with van der Waals surface area (Å²) in [4.78, 5) is 0. The first-order valence-electron chi connectivity index (χ1n) is 14.0. The fourth-order valence-corrected chi connectivity index (χ4v) is 4.27. The molecule has 0 bridgehead atoms. The molecule has 0 amide bonds. The highest BCUT2D eigenvalue weighted by Gasteiger charge is 2.19. The van der Waals surface area contributed by atoms with Crippen LogP contribution in [-0.2, 0) is 6.42 Å². The Bertz CT molecular complexity index is 1240. The second-order valence-electron chi connectivity index (χ2n) is 9.31. The van der Waals surface area contributed by atoms with Crippen molar-refractivity contribution >= 4 is 15.5 Å². The smallest absolute Gasteiger partial charge is 0.0258 e. The lowest BCUT2D eigenvalue weighted by atomic mass is 9.82. The molecule has 1 atom stereocenters. The van der Waals surface area contributed by atoms with Gasteiger partial charge >= 0.3 is 0 Å². The van der Waals surface area contributed by atoms with E-state index in [1.54, 1.807) is 0 Å². The summed E-state index contributed by atoms with van der Waals surface area (Å²) in [6.45, 7) is 21.5. The van der Waals surface area contributed by atoms with Crippen molar-refractivity contribution < 1.29 is 1.43 Å². The van der Waals surface area contributed by atoms with E-state index in [1.165, 1.54) is 39.8 Å². The molecular weight excluding hydrogens is 489 g/mol. The summed E-state index contributed by atoms with van der Waals surface area (Å²) in [5.41, 5.74) is 21.3. The van der Waals surface area contributed by atoms with E-state index in [-0.39, 0.29) is 11.3 Å². The van der Waals surface area contributed by atoms with E-state index >= 15 is 0 Å². The molecule has 0 aromatic heterocycles. The van der Waals surface area contributed by atoms with Crippen LogP contribution in [0.4, 0.5) is 0 Å². The van der Waals surface area contributed by atoms with E-state index in [0.717, 1.165) is 35.1 Å². The van der Waals surface area contributed by atoms with Gasteiger partial charge in [0.25, 0.3) is 0 Å². The van der Waals surface area contributed by atoms with E-state index < -0.39 is 0 Å². The quantitative estimate of drug-likeness (QED) is 0.180. The second-order valence-corrected chi connectivity index (χ2v) is 9.31. The van der Waals surface area contributed by atoms with Crippen molar-refractivity contribution in [2.45, 2.75) is 74.7 Å². The lowest BCUT2D eigenvalue weighted by Crippen LogP contribution is -2.10. The minimum Gasteiger partial charge on any atom is -0.326 e. The monoisotopic (exact) mass is 543 g/mol. The number of hydrogen-bond acceptors (Lipinski definition) is 1. The number of aryl methyl sites for hydroxylation is 1. The summed E-state index contributed by atoms with van der Waals surface area (Å²) >= 11 is 0. The Labute approximate surface area is 244 Å². The predicted molar refractivity (Wildman–Crippen MR) is 185 cm³/mol. The van der Waals surface area contributed by atoms with Crippen LogP contribution in [0.2, 0.25) is 0 Å². The summed E-state index contributed by atoms with van der Waals surface area (Å²) in [7, 11) is 0. The van der Waals surface area contributed by atoms with Crippen LogP contribution in [0.5, 0.6) is 0 Å². The van der Waals surface area contributed by atoms with Gasteiger partial charge in [-0.2, -0.15) is 9.90 Å². The zero-order valence-electron chi connectivity index (χ0n) is 25.8.